The van der Waals surface area contributed by atoms with Crippen molar-refractivity contribution in [2.45, 2.75) is 11.4 Å². The van der Waals surface area contributed by atoms with Crippen molar-refractivity contribution in [2.75, 3.05) is 4.72 Å². The second kappa shape index (κ2) is 8.15. The molecule has 9 heteroatoms. The Labute approximate surface area is 161 Å². The number of aromatic nitrogens is 2. The van der Waals surface area contributed by atoms with Gasteiger partial charge in [-0.05, 0) is 42.5 Å². The summed E-state index contributed by atoms with van der Waals surface area (Å²) in [6, 6.07) is 13.8. The molecule has 0 unspecified atom stereocenters. The molecule has 7 nitrogen and oxygen atoms in total. The van der Waals surface area contributed by atoms with Crippen molar-refractivity contribution < 1.29 is 13.2 Å². The van der Waals surface area contributed by atoms with Crippen LogP contribution in [-0.4, -0.2) is 24.3 Å². The SMILES string of the molecule is O=C(NCc1ccncn1)c1cccc(S(=O)(=O)Nc2cccc(Cl)c2)c1. The molecule has 0 fully saturated rings. The number of nitrogens with one attached hydrogen (secondary N) is 2. The van der Waals surface area contributed by atoms with Crippen LogP contribution in [0.3, 0.4) is 0 Å². The zero-order chi connectivity index (χ0) is 19.3. The van der Waals surface area contributed by atoms with Gasteiger partial charge in [0.05, 0.1) is 22.8 Å². The minimum Gasteiger partial charge on any atom is -0.346 e. The van der Waals surface area contributed by atoms with Crippen LogP contribution in [0, 0.1) is 0 Å². The average Bonchev–Trinajstić information content (AvgIpc) is 2.67. The fraction of sp³-hybridized carbons (Fsp3) is 0.0556. The second-order valence-electron chi connectivity index (χ2n) is 5.53. The van der Waals surface area contributed by atoms with Gasteiger partial charge in [-0.25, -0.2) is 18.4 Å². The Morgan fingerprint density at radius 3 is 2.63 bits per heavy atom. The summed E-state index contributed by atoms with van der Waals surface area (Å²) < 4.78 is 27.6. The zero-order valence-electron chi connectivity index (χ0n) is 14.0. The molecule has 0 aliphatic heterocycles. The summed E-state index contributed by atoms with van der Waals surface area (Å²) in [6.45, 7) is 0.207. The summed E-state index contributed by atoms with van der Waals surface area (Å²) in [5.74, 6) is -0.409. The summed E-state index contributed by atoms with van der Waals surface area (Å²) in [4.78, 5) is 20.1. The number of sulfonamides is 1. The van der Waals surface area contributed by atoms with Crippen LogP contribution < -0.4 is 10.0 Å². The van der Waals surface area contributed by atoms with E-state index in [1.165, 1.54) is 36.7 Å². The van der Waals surface area contributed by atoms with Crippen molar-refractivity contribution in [1.82, 2.24) is 15.3 Å². The molecule has 1 amide bonds. The first kappa shape index (κ1) is 18.8. The van der Waals surface area contributed by atoms with Gasteiger partial charge >= 0.3 is 0 Å². The number of benzene rings is 2. The van der Waals surface area contributed by atoms with Crippen LogP contribution >= 0.6 is 11.6 Å². The second-order valence-corrected chi connectivity index (χ2v) is 7.65. The molecule has 0 bridgehead atoms. The molecule has 0 saturated carbocycles. The number of rotatable bonds is 6. The van der Waals surface area contributed by atoms with Gasteiger partial charge in [0.2, 0.25) is 0 Å². The van der Waals surface area contributed by atoms with Crippen LogP contribution in [0.5, 0.6) is 0 Å². The third kappa shape index (κ3) is 5.02. The molecule has 0 aliphatic rings. The third-order valence-electron chi connectivity index (χ3n) is 3.56. The molecule has 3 rings (SSSR count). The van der Waals surface area contributed by atoms with E-state index in [-0.39, 0.29) is 17.0 Å². The highest BCUT2D eigenvalue weighted by atomic mass is 35.5. The fourth-order valence-corrected chi connectivity index (χ4v) is 3.55. The first-order valence-electron chi connectivity index (χ1n) is 7.85. The summed E-state index contributed by atoms with van der Waals surface area (Å²) >= 11 is 5.88. The predicted molar refractivity (Wildman–Crippen MR) is 102 cm³/mol. The number of carbonyl (C=O) groups excluding carboxylic acids is 1. The maximum absolute atomic E-state index is 12.6. The van der Waals surface area contributed by atoms with E-state index in [0.717, 1.165) is 0 Å². The first-order chi connectivity index (χ1) is 12.9. The molecule has 2 N–H and O–H groups in total. The predicted octanol–water partition coefficient (Wildman–Crippen LogP) is 2.86. The monoisotopic (exact) mass is 402 g/mol. The van der Waals surface area contributed by atoms with Crippen molar-refractivity contribution in [3.8, 4) is 0 Å². The Balaban J connectivity index is 1.75. The zero-order valence-corrected chi connectivity index (χ0v) is 15.5. The van der Waals surface area contributed by atoms with Crippen LogP contribution in [0.15, 0.2) is 72.0 Å². The first-order valence-corrected chi connectivity index (χ1v) is 9.72. The lowest BCUT2D eigenvalue weighted by Crippen LogP contribution is -2.23. The Bertz CT molecular complexity index is 1060. The maximum atomic E-state index is 12.6. The van der Waals surface area contributed by atoms with Gasteiger partial charge in [0.15, 0.2) is 0 Å². The van der Waals surface area contributed by atoms with E-state index in [1.54, 1.807) is 30.5 Å². The summed E-state index contributed by atoms with van der Waals surface area (Å²) in [5.41, 5.74) is 1.20. The molecule has 0 spiro atoms. The molecule has 1 heterocycles. The molecule has 3 aromatic rings. The number of halogens is 1. The molecule has 27 heavy (non-hydrogen) atoms. The number of anilines is 1. The van der Waals surface area contributed by atoms with E-state index in [4.69, 9.17) is 11.6 Å². The van der Waals surface area contributed by atoms with E-state index < -0.39 is 15.9 Å². The summed E-state index contributed by atoms with van der Waals surface area (Å²) in [6.07, 6.45) is 2.96. The largest absolute Gasteiger partial charge is 0.346 e. The Morgan fingerprint density at radius 1 is 1.07 bits per heavy atom. The van der Waals surface area contributed by atoms with Gasteiger partial charge in [0, 0.05) is 16.8 Å². The van der Waals surface area contributed by atoms with E-state index in [1.807, 2.05) is 0 Å². The molecule has 0 aliphatic carbocycles. The van der Waals surface area contributed by atoms with Gasteiger partial charge in [0.25, 0.3) is 15.9 Å². The number of nitrogens with zero attached hydrogens (tertiary/aromatic N) is 2. The molecule has 0 atom stereocenters. The van der Waals surface area contributed by atoms with Gasteiger partial charge in [-0.15, -0.1) is 0 Å². The maximum Gasteiger partial charge on any atom is 0.261 e. The summed E-state index contributed by atoms with van der Waals surface area (Å²) in [5, 5.41) is 3.10. The highest BCUT2D eigenvalue weighted by molar-refractivity contribution is 7.92. The van der Waals surface area contributed by atoms with Gasteiger partial charge in [-0.1, -0.05) is 23.7 Å². The molecule has 0 saturated heterocycles. The van der Waals surface area contributed by atoms with Crippen molar-refractivity contribution in [3.05, 3.63) is 83.4 Å². The topological polar surface area (TPSA) is 101 Å². The number of hydrogen-bond donors (Lipinski definition) is 2. The van der Waals surface area contributed by atoms with Crippen molar-refractivity contribution in [2.24, 2.45) is 0 Å². The van der Waals surface area contributed by atoms with Crippen LogP contribution in [0.25, 0.3) is 0 Å². The van der Waals surface area contributed by atoms with Crippen molar-refractivity contribution in [3.63, 3.8) is 0 Å². The van der Waals surface area contributed by atoms with Crippen LogP contribution in [0.1, 0.15) is 16.1 Å². The normalized spacial score (nSPS) is 11.0. The van der Waals surface area contributed by atoms with Crippen molar-refractivity contribution >= 4 is 33.2 Å². The minimum atomic E-state index is -3.86. The number of carbonyl (C=O) groups is 1. The molecular formula is C18H15ClN4O3S. The third-order valence-corrected chi connectivity index (χ3v) is 5.17. The van der Waals surface area contributed by atoms with Gasteiger partial charge < -0.3 is 5.32 Å². The lowest BCUT2D eigenvalue weighted by molar-refractivity contribution is 0.0950. The summed E-state index contributed by atoms with van der Waals surface area (Å²) in [7, 11) is -3.86. The Morgan fingerprint density at radius 2 is 1.89 bits per heavy atom. The average molecular weight is 403 g/mol. The highest BCUT2D eigenvalue weighted by Gasteiger charge is 2.16. The van der Waals surface area contributed by atoms with Gasteiger partial charge in [-0.3, -0.25) is 9.52 Å². The smallest absolute Gasteiger partial charge is 0.261 e. The van der Waals surface area contributed by atoms with Crippen molar-refractivity contribution in [1.29, 1.82) is 0 Å². The Hall–Kier alpha value is -2.97. The van der Waals surface area contributed by atoms with Gasteiger partial charge in [-0.2, -0.15) is 0 Å². The number of amides is 1. The fourth-order valence-electron chi connectivity index (χ4n) is 2.27. The van der Waals surface area contributed by atoms with Crippen LogP contribution in [-0.2, 0) is 16.6 Å². The van der Waals surface area contributed by atoms with Gasteiger partial charge in [0.1, 0.15) is 6.33 Å². The van der Waals surface area contributed by atoms with E-state index in [2.05, 4.69) is 20.0 Å². The van der Waals surface area contributed by atoms with Crippen LogP contribution in [0.4, 0.5) is 5.69 Å². The molecule has 138 valence electrons. The Kier molecular flexibility index (Phi) is 5.68. The van der Waals surface area contributed by atoms with Crippen LogP contribution in [0.2, 0.25) is 5.02 Å². The molecular weight excluding hydrogens is 388 g/mol. The van der Waals surface area contributed by atoms with E-state index >= 15 is 0 Å². The van der Waals surface area contributed by atoms with E-state index in [9.17, 15) is 13.2 Å². The number of hydrogen-bond acceptors (Lipinski definition) is 5. The molecule has 1 aromatic heterocycles. The minimum absolute atomic E-state index is 0.0304. The lowest BCUT2D eigenvalue weighted by atomic mass is 10.2. The lowest BCUT2D eigenvalue weighted by Gasteiger charge is -2.10. The van der Waals surface area contributed by atoms with E-state index in [0.29, 0.717) is 16.4 Å². The molecule has 0 radical (unpaired) electrons. The quantitative estimate of drug-likeness (QED) is 0.660. The highest BCUT2D eigenvalue weighted by Crippen LogP contribution is 2.20. The standard InChI is InChI=1S/C18H15ClN4O3S/c19-14-4-2-5-15(10-14)23-27(25,26)17-6-1-3-13(9-17)18(24)21-11-16-7-8-20-12-22-16/h1-10,12,23H,11H2,(H,21,24). The molecule has 2 aromatic carbocycles.